The molecule has 0 aliphatic carbocycles. The van der Waals surface area contributed by atoms with Crippen molar-refractivity contribution in [3.63, 3.8) is 0 Å². The fourth-order valence-electron chi connectivity index (χ4n) is 3.65. The van der Waals surface area contributed by atoms with Crippen LogP contribution >= 0.6 is 0 Å². The molecule has 2 aromatic carbocycles. The quantitative estimate of drug-likeness (QED) is 0.460. The predicted octanol–water partition coefficient (Wildman–Crippen LogP) is 5.06. The van der Waals surface area contributed by atoms with E-state index in [1.54, 1.807) is 0 Å². The molecule has 196 valence electrons. The van der Waals surface area contributed by atoms with E-state index in [1.165, 1.54) is 16.0 Å². The van der Waals surface area contributed by atoms with E-state index in [9.17, 15) is 0 Å². The Bertz CT molecular complexity index is 895. The second kappa shape index (κ2) is 11.0. The third-order valence-corrected chi connectivity index (χ3v) is 9.68. The maximum Gasteiger partial charge on any atom is 0.161 e. The molecule has 0 saturated heterocycles. The Morgan fingerprint density at radius 2 is 0.800 bits per heavy atom. The predicted molar refractivity (Wildman–Crippen MR) is 156 cm³/mol. The minimum atomic E-state index is -0.571. The van der Waals surface area contributed by atoms with Gasteiger partial charge in [-0.3, -0.25) is 0 Å². The van der Waals surface area contributed by atoms with E-state index < -0.39 is 19.0 Å². The van der Waals surface area contributed by atoms with Gasteiger partial charge in [0.1, 0.15) is 22.4 Å². The van der Waals surface area contributed by atoms with Gasteiger partial charge in [-0.05, 0) is 106 Å². The van der Waals surface area contributed by atoms with Crippen molar-refractivity contribution in [1.82, 2.24) is 0 Å². The summed E-state index contributed by atoms with van der Waals surface area (Å²) in [6.07, 6.45) is 0. The van der Waals surface area contributed by atoms with Gasteiger partial charge in [0.2, 0.25) is 0 Å². The van der Waals surface area contributed by atoms with Gasteiger partial charge in [0.25, 0.3) is 0 Å². The van der Waals surface area contributed by atoms with E-state index >= 15 is 0 Å². The number of hydrogen-bond acceptors (Lipinski definition) is 4. The average Bonchev–Trinajstić information content (AvgIpc) is 2.62. The van der Waals surface area contributed by atoms with Gasteiger partial charge in [-0.25, -0.2) is 0 Å². The van der Waals surface area contributed by atoms with Gasteiger partial charge in [-0.2, -0.15) is 0 Å². The van der Waals surface area contributed by atoms with E-state index in [-0.39, 0.29) is 22.4 Å². The molecule has 0 fully saturated rings. The van der Waals surface area contributed by atoms with Crippen molar-refractivity contribution in [1.29, 1.82) is 0 Å². The summed E-state index contributed by atoms with van der Waals surface area (Å²) in [4.78, 5) is 0. The van der Waals surface area contributed by atoms with E-state index in [0.717, 1.165) is 23.0 Å². The Hall–Kier alpha value is -1.93. The zero-order valence-corrected chi connectivity index (χ0v) is 27.0. The molecule has 35 heavy (non-hydrogen) atoms. The first-order valence-electron chi connectivity index (χ1n) is 12.8. The number of hydrogen-bond donors (Lipinski definition) is 0. The highest BCUT2D eigenvalue weighted by Crippen LogP contribution is 2.32. The minimum absolute atomic E-state index is 0.280. The maximum atomic E-state index is 6.46. The molecule has 0 radical (unpaired) electrons. The van der Waals surface area contributed by atoms with Crippen LogP contribution in [0.3, 0.4) is 0 Å². The molecule has 0 saturated carbocycles. The lowest BCUT2D eigenvalue weighted by atomic mass is 10.1. The summed E-state index contributed by atoms with van der Waals surface area (Å²) in [5.41, 5.74) is 0.0860. The van der Waals surface area contributed by atoms with Crippen molar-refractivity contribution < 1.29 is 18.9 Å². The van der Waals surface area contributed by atoms with Crippen LogP contribution in [0.1, 0.15) is 83.1 Å². The highest BCUT2D eigenvalue weighted by molar-refractivity contribution is 6.72. The maximum absolute atomic E-state index is 6.46. The summed E-state index contributed by atoms with van der Waals surface area (Å²) in [6.45, 7) is 25.0. The second-order valence-corrected chi connectivity index (χ2v) is 18.6. The first-order chi connectivity index (χ1) is 15.8. The number of para-hydroxylation sites is 2. The molecule has 0 spiro atoms. The summed E-state index contributed by atoms with van der Waals surface area (Å²) in [5.74, 6) is 3.53. The summed E-state index contributed by atoms with van der Waals surface area (Å²) in [7, 11) is -1.14. The molecular formula is C29H48O4Si2. The summed E-state index contributed by atoms with van der Waals surface area (Å²) >= 11 is 0. The van der Waals surface area contributed by atoms with Gasteiger partial charge in [-0.1, -0.05) is 29.9 Å². The van der Waals surface area contributed by atoms with Crippen molar-refractivity contribution in [2.24, 2.45) is 0 Å². The first kappa shape index (κ1) is 29.3. The lowest BCUT2D eigenvalue weighted by Gasteiger charge is -2.29. The van der Waals surface area contributed by atoms with Crippen LogP contribution in [0, 0.1) is 0 Å². The zero-order valence-electron chi connectivity index (χ0n) is 24.2. The van der Waals surface area contributed by atoms with Gasteiger partial charge in [0.15, 0.2) is 23.0 Å². The lowest BCUT2D eigenvalue weighted by molar-refractivity contribution is 0.0968. The molecule has 2 aromatic rings. The molecule has 0 heterocycles. The SMILES string of the molecule is CC(C)(C)Oc1cccc([SiH2]C[SiH2]c2cccc(OC(C)(C)C)c2OC(C)(C)C)c1OC(C)(C)C. The lowest BCUT2D eigenvalue weighted by Crippen LogP contribution is -2.33. The van der Waals surface area contributed by atoms with Crippen LogP contribution < -0.4 is 29.3 Å². The molecular weight excluding hydrogens is 468 g/mol. The molecule has 0 aromatic heterocycles. The minimum Gasteiger partial charge on any atom is -0.484 e. The fraction of sp³-hybridized carbons (Fsp3) is 0.586. The molecule has 0 atom stereocenters. The Kier molecular flexibility index (Phi) is 9.21. The average molecular weight is 517 g/mol. The normalized spacial score (nSPS) is 13.6. The van der Waals surface area contributed by atoms with Crippen molar-refractivity contribution >= 4 is 29.4 Å². The molecule has 2 rings (SSSR count). The molecule has 0 unspecified atom stereocenters. The molecule has 0 aliphatic rings. The van der Waals surface area contributed by atoms with Gasteiger partial charge >= 0.3 is 0 Å². The van der Waals surface area contributed by atoms with Crippen LogP contribution in [-0.4, -0.2) is 41.4 Å². The Balaban J connectivity index is 2.32. The standard InChI is InChI=1S/C29H48O4Si2/c1-26(2,3)30-20-15-13-17-22(24(20)32-28(7,8)9)34-19-35-23-18-14-16-21(31-27(4,5)6)25(23)33-29(10,11)12/h13-18H,19,34-35H2,1-12H3. The van der Waals surface area contributed by atoms with Crippen LogP contribution in [0.5, 0.6) is 23.0 Å². The Morgan fingerprint density at radius 1 is 0.486 bits per heavy atom. The van der Waals surface area contributed by atoms with Crippen molar-refractivity contribution in [2.75, 3.05) is 0 Å². The van der Waals surface area contributed by atoms with Gasteiger partial charge < -0.3 is 18.9 Å². The highest BCUT2D eigenvalue weighted by atomic mass is 28.3. The third kappa shape index (κ3) is 10.7. The fourth-order valence-corrected chi connectivity index (χ4v) is 8.96. The molecule has 0 amide bonds. The van der Waals surface area contributed by atoms with Crippen LogP contribution in [0.15, 0.2) is 36.4 Å². The molecule has 0 N–H and O–H groups in total. The van der Waals surface area contributed by atoms with Crippen molar-refractivity contribution in [2.45, 2.75) is 111 Å². The molecule has 4 nitrogen and oxygen atoms in total. The first-order valence-corrected chi connectivity index (χ1v) is 16.2. The summed E-state index contributed by atoms with van der Waals surface area (Å²) in [6, 6.07) is 12.7. The van der Waals surface area contributed by atoms with E-state index in [4.69, 9.17) is 18.9 Å². The summed E-state index contributed by atoms with van der Waals surface area (Å²) in [5, 5.41) is 2.66. The van der Waals surface area contributed by atoms with E-state index in [1.807, 2.05) is 12.1 Å². The topological polar surface area (TPSA) is 36.9 Å². The molecule has 6 heteroatoms. The van der Waals surface area contributed by atoms with Gasteiger partial charge in [-0.15, -0.1) is 0 Å². The van der Waals surface area contributed by atoms with Crippen LogP contribution in [-0.2, 0) is 0 Å². The van der Waals surface area contributed by atoms with Crippen molar-refractivity contribution in [3.8, 4) is 23.0 Å². The number of benzene rings is 2. The van der Waals surface area contributed by atoms with Gasteiger partial charge in [0.05, 0.1) is 19.0 Å². The summed E-state index contributed by atoms with van der Waals surface area (Å²) < 4.78 is 25.5. The largest absolute Gasteiger partial charge is 0.484 e. The third-order valence-electron chi connectivity index (χ3n) is 4.66. The number of ether oxygens (including phenoxy) is 4. The molecule has 0 bridgehead atoms. The van der Waals surface area contributed by atoms with Crippen molar-refractivity contribution in [3.05, 3.63) is 36.4 Å². The van der Waals surface area contributed by atoms with E-state index in [2.05, 4.69) is 107 Å². The van der Waals surface area contributed by atoms with Gasteiger partial charge in [0, 0.05) is 0 Å². The Labute approximate surface area is 218 Å². The van der Waals surface area contributed by atoms with E-state index in [0.29, 0.717) is 0 Å². The van der Waals surface area contributed by atoms with Crippen LogP contribution in [0.25, 0.3) is 0 Å². The van der Waals surface area contributed by atoms with Crippen LogP contribution in [0.2, 0.25) is 5.67 Å². The second-order valence-electron chi connectivity index (χ2n) is 13.2. The monoisotopic (exact) mass is 516 g/mol. The van der Waals surface area contributed by atoms with Crippen LogP contribution in [0.4, 0.5) is 0 Å². The zero-order chi connectivity index (χ0) is 26.7. The smallest absolute Gasteiger partial charge is 0.161 e. The highest BCUT2D eigenvalue weighted by Gasteiger charge is 2.24. The molecule has 0 aliphatic heterocycles. The number of rotatable bonds is 8. The Morgan fingerprint density at radius 3 is 1.09 bits per heavy atom.